The van der Waals surface area contributed by atoms with Crippen molar-refractivity contribution in [2.45, 2.75) is 12.8 Å². The molecule has 2 heterocycles. The number of rotatable bonds is 3. The van der Waals surface area contributed by atoms with Gasteiger partial charge >= 0.3 is 0 Å². The van der Waals surface area contributed by atoms with Gasteiger partial charge in [-0.25, -0.2) is 0 Å². The third-order valence-corrected chi connectivity index (χ3v) is 3.54. The third kappa shape index (κ3) is 3.19. The van der Waals surface area contributed by atoms with Crippen LogP contribution in [0.3, 0.4) is 0 Å². The molecule has 104 valence electrons. The molecule has 1 aliphatic rings. The Kier molecular flexibility index (Phi) is 4.66. The normalized spacial score (nSPS) is 19.1. The van der Waals surface area contributed by atoms with E-state index in [4.69, 9.17) is 4.42 Å². The first kappa shape index (κ1) is 14.2. The monoisotopic (exact) mass is 281 g/mol. The lowest BCUT2D eigenvalue weighted by molar-refractivity contribution is 0.375. The van der Waals surface area contributed by atoms with E-state index < -0.39 is 0 Å². The van der Waals surface area contributed by atoms with Crippen LogP contribution in [-0.2, 0) is 0 Å². The zero-order valence-corrected chi connectivity index (χ0v) is 11.9. The molecule has 0 spiro atoms. The van der Waals surface area contributed by atoms with Crippen LogP contribution in [0.25, 0.3) is 11.1 Å². The summed E-state index contributed by atoms with van der Waals surface area (Å²) in [5, 5.41) is 3.44. The lowest BCUT2D eigenvalue weighted by Gasteiger charge is -2.26. The molecule has 1 aliphatic heterocycles. The van der Waals surface area contributed by atoms with Gasteiger partial charge in [0.05, 0.1) is 0 Å². The van der Waals surface area contributed by atoms with Gasteiger partial charge in [-0.05, 0) is 44.0 Å². The molecule has 0 bridgehead atoms. The molecule has 3 rings (SSSR count). The van der Waals surface area contributed by atoms with E-state index in [0.29, 0.717) is 5.92 Å². The van der Waals surface area contributed by atoms with Gasteiger partial charge in [-0.1, -0.05) is 12.1 Å². The van der Waals surface area contributed by atoms with Crippen LogP contribution in [-0.4, -0.2) is 31.7 Å². The van der Waals surface area contributed by atoms with Crippen molar-refractivity contribution in [3.05, 3.63) is 24.3 Å². The summed E-state index contributed by atoms with van der Waals surface area (Å²) in [4.78, 5) is 6.64. The topological polar surface area (TPSA) is 41.3 Å². The van der Waals surface area contributed by atoms with Crippen molar-refractivity contribution in [1.29, 1.82) is 0 Å². The summed E-state index contributed by atoms with van der Waals surface area (Å²) in [5.41, 5.74) is 1.79. The van der Waals surface area contributed by atoms with Crippen molar-refractivity contribution in [3.8, 4) is 0 Å². The Balaban J connectivity index is 0.00000133. The van der Waals surface area contributed by atoms with Crippen LogP contribution in [0.2, 0.25) is 0 Å². The van der Waals surface area contributed by atoms with Crippen molar-refractivity contribution in [1.82, 2.24) is 10.3 Å². The quantitative estimate of drug-likeness (QED) is 0.939. The molecule has 19 heavy (non-hydrogen) atoms. The number of benzene rings is 1. The first-order valence-electron chi connectivity index (χ1n) is 6.60. The number of nitrogens with one attached hydrogen (secondary N) is 1. The van der Waals surface area contributed by atoms with Gasteiger partial charge in [0.15, 0.2) is 5.58 Å². The summed E-state index contributed by atoms with van der Waals surface area (Å²) >= 11 is 0. The number of anilines is 1. The molecule has 2 aromatic rings. The average molecular weight is 282 g/mol. The van der Waals surface area contributed by atoms with E-state index in [0.717, 1.165) is 36.7 Å². The number of fused-ring (bicyclic) bond motifs is 1. The number of nitrogens with zero attached hydrogens (tertiary/aromatic N) is 2. The van der Waals surface area contributed by atoms with Crippen molar-refractivity contribution < 1.29 is 4.42 Å². The highest BCUT2D eigenvalue weighted by Gasteiger charge is 2.17. The number of piperidine rings is 1. The number of oxazole rings is 1. The van der Waals surface area contributed by atoms with Gasteiger partial charge in [0.25, 0.3) is 6.01 Å². The first-order valence-corrected chi connectivity index (χ1v) is 6.60. The molecule has 1 aromatic heterocycles. The van der Waals surface area contributed by atoms with Crippen molar-refractivity contribution >= 4 is 29.5 Å². The van der Waals surface area contributed by atoms with Gasteiger partial charge in [-0.3, -0.25) is 0 Å². The fourth-order valence-corrected chi connectivity index (χ4v) is 2.57. The van der Waals surface area contributed by atoms with Gasteiger partial charge in [-0.2, -0.15) is 4.98 Å². The van der Waals surface area contributed by atoms with Crippen LogP contribution in [0.15, 0.2) is 28.7 Å². The van der Waals surface area contributed by atoms with Crippen LogP contribution in [0.4, 0.5) is 6.01 Å². The van der Waals surface area contributed by atoms with E-state index in [1.54, 1.807) is 0 Å². The SMILES string of the molecule is CN(CC1CCCNC1)c1nc2ccccc2o1.Cl. The summed E-state index contributed by atoms with van der Waals surface area (Å²) in [7, 11) is 2.05. The summed E-state index contributed by atoms with van der Waals surface area (Å²) in [5.74, 6) is 0.693. The van der Waals surface area contributed by atoms with Gasteiger partial charge in [0.2, 0.25) is 0 Å². The van der Waals surface area contributed by atoms with Crippen LogP contribution in [0, 0.1) is 5.92 Å². The lowest BCUT2D eigenvalue weighted by atomic mass is 9.99. The molecule has 0 radical (unpaired) electrons. The van der Waals surface area contributed by atoms with Gasteiger partial charge in [0, 0.05) is 13.6 Å². The fraction of sp³-hybridized carbons (Fsp3) is 0.500. The lowest BCUT2D eigenvalue weighted by Crippen LogP contribution is -2.36. The van der Waals surface area contributed by atoms with Crippen molar-refractivity contribution in [2.75, 3.05) is 31.6 Å². The smallest absolute Gasteiger partial charge is 0.298 e. The summed E-state index contributed by atoms with van der Waals surface area (Å²) in [6.07, 6.45) is 2.56. The molecule has 0 saturated carbocycles. The molecule has 1 atom stereocenters. The minimum absolute atomic E-state index is 0. The highest BCUT2D eigenvalue weighted by molar-refractivity contribution is 5.85. The van der Waals surface area contributed by atoms with E-state index in [-0.39, 0.29) is 12.4 Å². The maximum Gasteiger partial charge on any atom is 0.298 e. The summed E-state index contributed by atoms with van der Waals surface area (Å²) in [6.45, 7) is 3.26. The Morgan fingerprint density at radius 1 is 1.42 bits per heavy atom. The van der Waals surface area contributed by atoms with E-state index in [2.05, 4.69) is 22.2 Å². The molecule has 4 nitrogen and oxygen atoms in total. The highest BCUT2D eigenvalue weighted by Crippen LogP contribution is 2.22. The zero-order valence-electron chi connectivity index (χ0n) is 11.1. The van der Waals surface area contributed by atoms with Crippen LogP contribution in [0.1, 0.15) is 12.8 Å². The molecule has 1 fully saturated rings. The Labute approximate surface area is 119 Å². The summed E-state index contributed by atoms with van der Waals surface area (Å²) < 4.78 is 5.77. The van der Waals surface area contributed by atoms with Crippen molar-refractivity contribution in [2.24, 2.45) is 5.92 Å². The predicted molar refractivity (Wildman–Crippen MR) is 80.1 cm³/mol. The maximum absolute atomic E-state index is 5.77. The fourth-order valence-electron chi connectivity index (χ4n) is 2.57. The molecule has 1 N–H and O–H groups in total. The number of para-hydroxylation sites is 2. The number of halogens is 1. The Morgan fingerprint density at radius 2 is 2.26 bits per heavy atom. The second-order valence-corrected chi connectivity index (χ2v) is 5.06. The zero-order chi connectivity index (χ0) is 12.4. The molecule has 1 aromatic carbocycles. The van der Waals surface area contributed by atoms with Gasteiger partial charge in [-0.15, -0.1) is 12.4 Å². The van der Waals surface area contributed by atoms with E-state index >= 15 is 0 Å². The van der Waals surface area contributed by atoms with E-state index in [1.807, 2.05) is 24.3 Å². The largest absolute Gasteiger partial charge is 0.423 e. The highest BCUT2D eigenvalue weighted by atomic mass is 35.5. The first-order chi connectivity index (χ1) is 8.83. The molecule has 1 unspecified atom stereocenters. The molecule has 1 saturated heterocycles. The minimum atomic E-state index is 0. The van der Waals surface area contributed by atoms with Gasteiger partial charge in [0.1, 0.15) is 5.52 Å². The predicted octanol–water partition coefficient (Wildman–Crippen LogP) is 2.69. The van der Waals surface area contributed by atoms with Crippen LogP contribution < -0.4 is 10.2 Å². The van der Waals surface area contributed by atoms with Crippen molar-refractivity contribution in [3.63, 3.8) is 0 Å². The second kappa shape index (κ2) is 6.26. The minimum Gasteiger partial charge on any atom is -0.423 e. The maximum atomic E-state index is 5.77. The number of hydrogen-bond donors (Lipinski definition) is 1. The van der Waals surface area contributed by atoms with Crippen LogP contribution >= 0.6 is 12.4 Å². The Bertz CT molecular complexity index is 489. The number of aromatic nitrogens is 1. The molecular weight excluding hydrogens is 262 g/mol. The number of hydrogen-bond acceptors (Lipinski definition) is 4. The van der Waals surface area contributed by atoms with Gasteiger partial charge < -0.3 is 14.6 Å². The second-order valence-electron chi connectivity index (χ2n) is 5.06. The average Bonchev–Trinajstić information content (AvgIpc) is 2.84. The Morgan fingerprint density at radius 3 is 3.00 bits per heavy atom. The van der Waals surface area contributed by atoms with E-state index in [9.17, 15) is 0 Å². The third-order valence-electron chi connectivity index (χ3n) is 3.54. The van der Waals surface area contributed by atoms with E-state index in [1.165, 1.54) is 12.8 Å². The molecular formula is C14H20ClN3O. The standard InChI is InChI=1S/C14H19N3O.ClH/c1-17(10-11-5-4-8-15-9-11)14-16-12-6-2-3-7-13(12)18-14;/h2-3,6-7,11,15H,4-5,8-10H2,1H3;1H. The molecule has 5 heteroatoms. The molecule has 0 aliphatic carbocycles. The molecule has 0 amide bonds. The Hall–Kier alpha value is -1.26. The van der Waals surface area contributed by atoms with Crippen LogP contribution in [0.5, 0.6) is 0 Å². The summed E-state index contributed by atoms with van der Waals surface area (Å²) in [6, 6.07) is 8.63.